The molecule has 0 unspecified atom stereocenters. The predicted octanol–water partition coefficient (Wildman–Crippen LogP) is 4.56. The van der Waals surface area contributed by atoms with E-state index in [1.54, 1.807) is 37.3 Å². The molecule has 7 nitrogen and oxygen atoms in total. The Morgan fingerprint density at radius 3 is 2.35 bits per heavy atom. The first-order valence-corrected chi connectivity index (χ1v) is 13.0. The van der Waals surface area contributed by atoms with Crippen molar-refractivity contribution in [3.8, 4) is 11.8 Å². The number of hydrogen-bond donors (Lipinski definition) is 0. The van der Waals surface area contributed by atoms with Crippen LogP contribution in [-0.2, 0) is 16.1 Å². The molecule has 9 heteroatoms. The lowest BCUT2D eigenvalue weighted by Gasteiger charge is -2.18. The molecule has 0 fully saturated rings. The van der Waals surface area contributed by atoms with E-state index in [9.17, 15) is 14.4 Å². The quantitative estimate of drug-likeness (QED) is 0.253. The van der Waals surface area contributed by atoms with Crippen molar-refractivity contribution < 1.29 is 23.9 Å². The fraction of sp³-hybridized carbons (Fsp3) is 0.360. The van der Waals surface area contributed by atoms with E-state index in [-0.39, 0.29) is 31.4 Å². The van der Waals surface area contributed by atoms with Crippen molar-refractivity contribution in [2.75, 3.05) is 31.3 Å². The van der Waals surface area contributed by atoms with E-state index in [1.165, 1.54) is 28.4 Å². The Kier molecular flexibility index (Phi) is 9.02. The second-order valence-corrected chi connectivity index (χ2v) is 9.94. The molecule has 0 bridgehead atoms. The van der Waals surface area contributed by atoms with Gasteiger partial charge in [-0.2, -0.15) is 5.26 Å². The van der Waals surface area contributed by atoms with Crippen molar-refractivity contribution in [2.45, 2.75) is 37.1 Å². The van der Waals surface area contributed by atoms with Gasteiger partial charge in [-0.25, -0.2) is 4.79 Å². The highest BCUT2D eigenvalue weighted by Gasteiger charge is 2.29. The molecule has 0 radical (unpaired) electrons. The molecule has 0 saturated heterocycles. The van der Waals surface area contributed by atoms with Crippen LogP contribution in [0.1, 0.15) is 52.6 Å². The Bertz CT molecular complexity index is 1120. The maximum absolute atomic E-state index is 13.2. The van der Waals surface area contributed by atoms with Gasteiger partial charge in [0.1, 0.15) is 5.75 Å². The van der Waals surface area contributed by atoms with Gasteiger partial charge in [0.05, 0.1) is 34.6 Å². The van der Waals surface area contributed by atoms with Crippen LogP contribution < -0.4 is 4.74 Å². The van der Waals surface area contributed by atoms with Crippen molar-refractivity contribution in [1.82, 2.24) is 4.90 Å². The van der Waals surface area contributed by atoms with Crippen LogP contribution in [0.5, 0.6) is 5.75 Å². The van der Waals surface area contributed by atoms with Crippen LogP contribution in [0.15, 0.2) is 40.1 Å². The van der Waals surface area contributed by atoms with Gasteiger partial charge in [-0.05, 0) is 54.3 Å². The average molecular weight is 499 g/mol. The number of benzene rings is 2. The fourth-order valence-corrected chi connectivity index (χ4v) is 5.29. The van der Waals surface area contributed by atoms with Crippen molar-refractivity contribution in [1.29, 1.82) is 5.26 Å². The molecule has 2 aromatic carbocycles. The summed E-state index contributed by atoms with van der Waals surface area (Å²) in [7, 11) is 0. The van der Waals surface area contributed by atoms with Crippen LogP contribution in [0.2, 0.25) is 0 Å². The maximum atomic E-state index is 13.2. The smallest absolute Gasteiger partial charge is 0.344 e. The number of thioether (sulfide) groups is 2. The minimum absolute atomic E-state index is 0.0646. The highest BCUT2D eigenvalue weighted by Crippen LogP contribution is 2.40. The van der Waals surface area contributed by atoms with E-state index in [1.807, 2.05) is 13.8 Å². The number of ketones is 1. The first-order chi connectivity index (χ1) is 16.4. The second kappa shape index (κ2) is 12.0. The molecule has 178 valence electrons. The number of hydrogen-bond acceptors (Lipinski definition) is 8. The minimum Gasteiger partial charge on any atom is -0.480 e. The highest BCUT2D eigenvalue weighted by atomic mass is 32.2. The van der Waals surface area contributed by atoms with Gasteiger partial charge in [-0.15, -0.1) is 23.5 Å². The van der Waals surface area contributed by atoms with Crippen molar-refractivity contribution >= 4 is 41.2 Å². The summed E-state index contributed by atoms with van der Waals surface area (Å²) in [5.41, 5.74) is 2.25. The molecule has 1 amide bonds. The molecule has 1 heterocycles. The molecule has 0 N–H and O–H groups in total. The number of rotatable bonds is 11. The summed E-state index contributed by atoms with van der Waals surface area (Å²) in [5.74, 6) is 1.23. The van der Waals surface area contributed by atoms with Crippen LogP contribution in [0, 0.1) is 11.3 Å². The van der Waals surface area contributed by atoms with E-state index in [0.29, 0.717) is 29.0 Å². The predicted molar refractivity (Wildman–Crippen MR) is 132 cm³/mol. The normalized spacial score (nSPS) is 12.3. The molecule has 0 aromatic heterocycles. The lowest BCUT2D eigenvalue weighted by molar-refractivity contribution is -0.145. The Labute approximate surface area is 207 Å². The molecule has 0 aliphatic carbocycles. The summed E-state index contributed by atoms with van der Waals surface area (Å²) in [6, 6.07) is 10.5. The molecule has 1 aliphatic rings. The number of Topliss-reactive ketones (excluding diaryl/α,β-unsaturated/α-hetero) is 1. The number of nitriles is 1. The number of esters is 1. The summed E-state index contributed by atoms with van der Waals surface area (Å²) >= 11 is 3.04. The summed E-state index contributed by atoms with van der Waals surface area (Å²) in [5, 5.41) is 9.11. The summed E-state index contributed by atoms with van der Waals surface area (Å²) in [4.78, 5) is 40.8. The Hall–Kier alpha value is -2.96. The minimum atomic E-state index is -0.450. The number of carbonyl (C=O) groups is 3. The first kappa shape index (κ1) is 25.7. The average Bonchev–Trinajstić information content (AvgIpc) is 3.13. The molecule has 0 spiro atoms. The largest absolute Gasteiger partial charge is 0.480 e. The zero-order chi connectivity index (χ0) is 24.7. The van der Waals surface area contributed by atoms with Crippen LogP contribution in [0.25, 0.3) is 0 Å². The van der Waals surface area contributed by atoms with E-state index >= 15 is 0 Å². The molecule has 1 aliphatic heterocycles. The van der Waals surface area contributed by atoms with Gasteiger partial charge >= 0.3 is 5.97 Å². The fourth-order valence-electron chi connectivity index (χ4n) is 3.58. The molecule has 34 heavy (non-hydrogen) atoms. The first-order valence-electron chi connectivity index (χ1n) is 11.0. The molecule has 0 saturated carbocycles. The number of nitrogens with zero attached hydrogens (tertiary/aromatic N) is 2. The Balaban J connectivity index is 1.84. The Morgan fingerprint density at radius 2 is 1.76 bits per heavy atom. The molecular formula is C25H26N2O5S2. The van der Waals surface area contributed by atoms with E-state index in [0.717, 1.165) is 26.9 Å². The zero-order valence-corrected chi connectivity index (χ0v) is 21.0. The second-order valence-electron chi connectivity index (χ2n) is 7.33. The lowest BCUT2D eigenvalue weighted by Crippen LogP contribution is -2.30. The number of amides is 1. The monoisotopic (exact) mass is 498 g/mol. The number of fused-ring (bicyclic) bond motifs is 1. The zero-order valence-electron chi connectivity index (χ0n) is 19.4. The van der Waals surface area contributed by atoms with Crippen molar-refractivity contribution in [2.24, 2.45) is 0 Å². The van der Waals surface area contributed by atoms with Crippen LogP contribution >= 0.6 is 23.5 Å². The third-order valence-corrected chi connectivity index (χ3v) is 6.84. The van der Waals surface area contributed by atoms with Crippen LogP contribution in [0.4, 0.5) is 0 Å². The topological polar surface area (TPSA) is 96.7 Å². The van der Waals surface area contributed by atoms with E-state index in [4.69, 9.17) is 14.7 Å². The number of carbonyl (C=O) groups excluding carboxylic acids is 3. The van der Waals surface area contributed by atoms with Gasteiger partial charge in [-0.1, -0.05) is 13.8 Å². The van der Waals surface area contributed by atoms with Crippen molar-refractivity contribution in [3.63, 3.8) is 0 Å². The maximum Gasteiger partial charge on any atom is 0.344 e. The van der Waals surface area contributed by atoms with Gasteiger partial charge < -0.3 is 14.4 Å². The van der Waals surface area contributed by atoms with E-state index < -0.39 is 5.97 Å². The summed E-state index contributed by atoms with van der Waals surface area (Å²) in [6.07, 6.45) is 0. The van der Waals surface area contributed by atoms with Gasteiger partial charge in [0, 0.05) is 17.7 Å². The lowest BCUT2D eigenvalue weighted by atomic mass is 10.1. The molecular weight excluding hydrogens is 472 g/mol. The standard InChI is InChI=1S/C25H26N2O5S2/c1-4-31-23(29)15-32-24-21(33-5-2)10-17(11-22(24)34-6-3)20(28)14-27-13-18-9-16(12-26)7-8-19(18)25(27)30/h7-11H,4-6,13-15H2,1-3H3. The number of ether oxygens (including phenoxy) is 2. The van der Waals surface area contributed by atoms with Crippen molar-refractivity contribution in [3.05, 3.63) is 52.6 Å². The van der Waals surface area contributed by atoms with Gasteiger partial charge in [0.25, 0.3) is 5.91 Å². The molecule has 2 aromatic rings. The van der Waals surface area contributed by atoms with Gasteiger partial charge in [-0.3, -0.25) is 9.59 Å². The van der Waals surface area contributed by atoms with Crippen LogP contribution in [0.3, 0.4) is 0 Å². The third-order valence-electron chi connectivity index (χ3n) is 5.03. The summed E-state index contributed by atoms with van der Waals surface area (Å²) in [6.45, 7) is 6.03. The molecule has 0 atom stereocenters. The van der Waals surface area contributed by atoms with Gasteiger partial charge in [0.2, 0.25) is 0 Å². The SMILES string of the molecule is CCOC(=O)COc1c(SCC)cc(C(=O)CN2Cc3cc(C#N)ccc3C2=O)cc1SCC. The van der Waals surface area contributed by atoms with E-state index in [2.05, 4.69) is 6.07 Å². The third kappa shape index (κ3) is 5.93. The Morgan fingerprint density at radius 1 is 1.09 bits per heavy atom. The van der Waals surface area contributed by atoms with Gasteiger partial charge in [0.15, 0.2) is 12.4 Å². The highest BCUT2D eigenvalue weighted by molar-refractivity contribution is 8.00. The molecule has 3 rings (SSSR count). The summed E-state index contributed by atoms with van der Waals surface area (Å²) < 4.78 is 10.8. The van der Waals surface area contributed by atoms with Crippen LogP contribution in [-0.4, -0.2) is 53.8 Å².